The van der Waals surface area contributed by atoms with Gasteiger partial charge in [-0.25, -0.2) is 4.98 Å². The van der Waals surface area contributed by atoms with Gasteiger partial charge < -0.3 is 14.5 Å². The zero-order valence-electron chi connectivity index (χ0n) is 16.9. The highest BCUT2D eigenvalue weighted by Crippen LogP contribution is 2.35. The van der Waals surface area contributed by atoms with Crippen molar-refractivity contribution in [3.63, 3.8) is 0 Å². The molecule has 0 saturated carbocycles. The van der Waals surface area contributed by atoms with Gasteiger partial charge in [0, 0.05) is 47.4 Å². The third-order valence-electron chi connectivity index (χ3n) is 6.01. The zero-order chi connectivity index (χ0) is 19.6. The molecule has 158 valence electrons. The predicted molar refractivity (Wildman–Crippen MR) is 130 cm³/mol. The minimum atomic E-state index is 0. The maximum absolute atomic E-state index is 5.47. The lowest BCUT2D eigenvalue weighted by atomic mass is 10.1. The summed E-state index contributed by atoms with van der Waals surface area (Å²) in [4.78, 5) is 11.5. The molecule has 0 aliphatic carbocycles. The molecule has 0 N–H and O–H groups in total. The van der Waals surface area contributed by atoms with Crippen LogP contribution in [-0.2, 0) is 4.74 Å². The van der Waals surface area contributed by atoms with E-state index in [9.17, 15) is 0 Å². The number of anilines is 1. The van der Waals surface area contributed by atoms with Crippen molar-refractivity contribution in [2.45, 2.75) is 20.8 Å². The Balaban J connectivity index is 0.00000218. The second-order valence-corrected chi connectivity index (χ2v) is 8.64. The Kier molecular flexibility index (Phi) is 6.52. The van der Waals surface area contributed by atoms with E-state index in [2.05, 4.69) is 64.6 Å². The van der Waals surface area contributed by atoms with Crippen LogP contribution >= 0.6 is 11.3 Å². The molecule has 5 rings (SSSR count). The van der Waals surface area contributed by atoms with Crippen LogP contribution in [0.4, 0.5) is 5.82 Å². The van der Waals surface area contributed by atoms with Gasteiger partial charge >= 0.3 is 0 Å². The Morgan fingerprint density at radius 3 is 2.70 bits per heavy atom. The molecule has 0 amide bonds. The van der Waals surface area contributed by atoms with E-state index in [1.54, 1.807) is 0 Å². The molecule has 0 bridgehead atoms. The smallest absolute Gasteiger partial charge is 0.137 e. The Hall–Kier alpha value is -2.21. The van der Waals surface area contributed by atoms with Crippen LogP contribution in [0.1, 0.15) is 25.6 Å². The van der Waals surface area contributed by atoms with Crippen molar-refractivity contribution in [3.8, 4) is 11.3 Å². The normalized spacial score (nSPS) is 17.6. The number of hydrogen-bond acceptors (Lipinski definition) is 5. The third kappa shape index (κ3) is 4.15. The Morgan fingerprint density at radius 2 is 1.93 bits per heavy atom. The van der Waals surface area contributed by atoms with Gasteiger partial charge in [-0.2, -0.15) is 0 Å². The van der Waals surface area contributed by atoms with Crippen LogP contribution in [0.2, 0.25) is 0 Å². The van der Waals surface area contributed by atoms with E-state index in [1.807, 2.05) is 11.3 Å². The average molecular weight is 422 g/mol. The molecule has 3 aromatic rings. The molecular formula is C25H31N3OS. The molecule has 1 aromatic carbocycles. The summed E-state index contributed by atoms with van der Waals surface area (Å²) >= 11 is 1.82. The Bertz CT molecular complexity index is 1030. The van der Waals surface area contributed by atoms with E-state index < -0.39 is 0 Å². The van der Waals surface area contributed by atoms with Crippen molar-refractivity contribution in [2.24, 2.45) is 0 Å². The van der Waals surface area contributed by atoms with Gasteiger partial charge in [-0.15, -0.1) is 11.3 Å². The lowest BCUT2D eigenvalue weighted by Gasteiger charge is -2.35. The minimum Gasteiger partial charge on any atom is -0.377 e. The van der Waals surface area contributed by atoms with Gasteiger partial charge in [0.2, 0.25) is 0 Å². The summed E-state index contributed by atoms with van der Waals surface area (Å²) in [6, 6.07) is 13.2. The number of benzene rings is 1. The van der Waals surface area contributed by atoms with Crippen molar-refractivity contribution in [1.29, 1.82) is 0 Å². The third-order valence-corrected chi connectivity index (χ3v) is 7.02. The molecule has 1 fully saturated rings. The molecule has 0 spiro atoms. The predicted octanol–water partition coefficient (Wildman–Crippen LogP) is 5.55. The molecule has 2 aliphatic heterocycles. The lowest BCUT2D eigenvalue weighted by Crippen LogP contribution is -2.46. The van der Waals surface area contributed by atoms with Crippen molar-refractivity contribution in [1.82, 2.24) is 9.88 Å². The topological polar surface area (TPSA) is 28.6 Å². The second kappa shape index (κ2) is 9.29. The highest BCUT2D eigenvalue weighted by Gasteiger charge is 2.20. The summed E-state index contributed by atoms with van der Waals surface area (Å²) in [6.45, 7) is 9.20. The summed E-state index contributed by atoms with van der Waals surface area (Å²) in [5.74, 6) is 1.13. The second-order valence-electron chi connectivity index (χ2n) is 7.73. The van der Waals surface area contributed by atoms with Gasteiger partial charge in [0.1, 0.15) is 5.82 Å². The van der Waals surface area contributed by atoms with E-state index in [0.29, 0.717) is 0 Å². The van der Waals surface area contributed by atoms with Crippen LogP contribution in [-0.4, -0.2) is 55.8 Å². The number of fused-ring (bicyclic) bond motifs is 1. The van der Waals surface area contributed by atoms with Crippen LogP contribution in [0.25, 0.3) is 27.6 Å². The van der Waals surface area contributed by atoms with E-state index in [1.165, 1.54) is 26.8 Å². The average Bonchev–Trinajstić information content (AvgIpc) is 3.29. The van der Waals surface area contributed by atoms with Crippen LogP contribution in [0.5, 0.6) is 0 Å². The molecule has 0 atom stereocenters. The molecule has 4 heterocycles. The van der Waals surface area contributed by atoms with Crippen LogP contribution in [0.3, 0.4) is 0 Å². The molecule has 0 radical (unpaired) electrons. The van der Waals surface area contributed by atoms with Gasteiger partial charge in [0.05, 0.1) is 18.9 Å². The number of pyridine rings is 1. The molecule has 4 nitrogen and oxygen atoms in total. The standard InChI is InChI=1S/C24H27N3OS.CH4/c1-2-26-9-11-27(12-10-26)24-21-6-4-3-5-19(21)15-22(25-24)20-16-23(29-17-20)18-7-13-28-14-8-18;/h3-7,15-17H,2,8-14H2,1H3;1H4. The number of likely N-dealkylation sites (N-methyl/N-ethyl adjacent to an activating group) is 1. The highest BCUT2D eigenvalue weighted by atomic mass is 32.1. The summed E-state index contributed by atoms with van der Waals surface area (Å²) in [5.41, 5.74) is 3.70. The van der Waals surface area contributed by atoms with Gasteiger partial charge in [-0.1, -0.05) is 44.7 Å². The molecule has 1 saturated heterocycles. The molecule has 2 aromatic heterocycles. The fourth-order valence-electron chi connectivity index (χ4n) is 4.24. The number of nitrogens with zero attached hydrogens (tertiary/aromatic N) is 3. The fourth-order valence-corrected chi connectivity index (χ4v) is 5.21. The number of aromatic nitrogens is 1. The van der Waals surface area contributed by atoms with Crippen molar-refractivity contribution in [2.75, 3.05) is 50.8 Å². The maximum Gasteiger partial charge on any atom is 0.137 e. The maximum atomic E-state index is 5.47. The van der Waals surface area contributed by atoms with Gasteiger partial charge in [-0.05, 0) is 36.1 Å². The van der Waals surface area contributed by atoms with Crippen LogP contribution in [0, 0.1) is 0 Å². The Labute approximate surface area is 183 Å². The first-order chi connectivity index (χ1) is 14.3. The Morgan fingerprint density at radius 1 is 1.10 bits per heavy atom. The summed E-state index contributed by atoms with van der Waals surface area (Å²) < 4.78 is 5.47. The number of thiophene rings is 1. The molecular weight excluding hydrogens is 390 g/mol. The molecule has 2 aliphatic rings. The quantitative estimate of drug-likeness (QED) is 0.553. The minimum absolute atomic E-state index is 0. The van der Waals surface area contributed by atoms with Crippen molar-refractivity contribution >= 4 is 33.5 Å². The first-order valence-corrected chi connectivity index (χ1v) is 11.4. The van der Waals surface area contributed by atoms with Crippen molar-refractivity contribution < 1.29 is 4.74 Å². The molecule has 30 heavy (non-hydrogen) atoms. The first-order valence-electron chi connectivity index (χ1n) is 10.5. The summed E-state index contributed by atoms with van der Waals surface area (Å²) in [6.07, 6.45) is 3.21. The monoisotopic (exact) mass is 421 g/mol. The zero-order valence-corrected chi connectivity index (χ0v) is 17.8. The summed E-state index contributed by atoms with van der Waals surface area (Å²) in [5, 5.41) is 4.77. The first kappa shape index (κ1) is 21.0. The van der Waals surface area contributed by atoms with Crippen LogP contribution < -0.4 is 4.90 Å². The van der Waals surface area contributed by atoms with Crippen LogP contribution in [0.15, 0.2) is 47.9 Å². The SMILES string of the molecule is C.CCN1CCN(c2nc(-c3csc(C4=CCOCC4)c3)cc3ccccc23)CC1. The van der Waals surface area contributed by atoms with E-state index >= 15 is 0 Å². The van der Waals surface area contributed by atoms with Gasteiger partial charge in [-0.3, -0.25) is 0 Å². The fraction of sp³-hybridized carbons (Fsp3) is 0.400. The lowest BCUT2D eigenvalue weighted by molar-refractivity contribution is 0.161. The van der Waals surface area contributed by atoms with E-state index in [0.717, 1.165) is 63.9 Å². The molecule has 0 unspecified atom stereocenters. The largest absolute Gasteiger partial charge is 0.377 e. The van der Waals surface area contributed by atoms with Gasteiger partial charge in [0.25, 0.3) is 0 Å². The number of ether oxygens (including phenoxy) is 1. The number of rotatable bonds is 4. The molecule has 5 heteroatoms. The number of piperazine rings is 1. The van der Waals surface area contributed by atoms with Crippen molar-refractivity contribution in [3.05, 3.63) is 52.7 Å². The van der Waals surface area contributed by atoms with Gasteiger partial charge in [0.15, 0.2) is 0 Å². The van der Waals surface area contributed by atoms with E-state index in [-0.39, 0.29) is 7.43 Å². The summed E-state index contributed by atoms with van der Waals surface area (Å²) in [7, 11) is 0. The number of hydrogen-bond donors (Lipinski definition) is 0. The highest BCUT2D eigenvalue weighted by molar-refractivity contribution is 7.11. The van der Waals surface area contributed by atoms with E-state index in [4.69, 9.17) is 9.72 Å².